The molecule has 0 bridgehead atoms. The van der Waals surface area contributed by atoms with Crippen molar-refractivity contribution >= 4 is 15.9 Å². The molecular formula is C18H28N2O3S. The third kappa shape index (κ3) is 4.57. The highest BCUT2D eigenvalue weighted by Gasteiger charge is 2.30. The molecule has 134 valence electrons. The van der Waals surface area contributed by atoms with E-state index in [4.69, 9.17) is 0 Å². The van der Waals surface area contributed by atoms with Crippen molar-refractivity contribution < 1.29 is 13.2 Å². The quantitative estimate of drug-likeness (QED) is 0.885. The first-order valence-electron chi connectivity index (χ1n) is 8.51. The summed E-state index contributed by atoms with van der Waals surface area (Å²) in [5, 5.41) is 3.19. The van der Waals surface area contributed by atoms with Crippen LogP contribution in [0.4, 0.5) is 0 Å². The van der Waals surface area contributed by atoms with Gasteiger partial charge in [0, 0.05) is 19.0 Å². The number of rotatable bonds is 5. The number of piperidine rings is 1. The molecule has 1 amide bonds. The van der Waals surface area contributed by atoms with Gasteiger partial charge >= 0.3 is 0 Å². The summed E-state index contributed by atoms with van der Waals surface area (Å²) in [6, 6.07) is 8.09. The Morgan fingerprint density at radius 3 is 2.29 bits per heavy atom. The molecule has 5 nitrogen and oxygen atoms in total. The fourth-order valence-corrected chi connectivity index (χ4v) is 4.13. The molecule has 1 aromatic rings. The summed E-state index contributed by atoms with van der Waals surface area (Å²) in [7, 11) is -3.16. The minimum Gasteiger partial charge on any atom is -0.349 e. The van der Waals surface area contributed by atoms with Crippen LogP contribution in [0, 0.1) is 18.8 Å². The van der Waals surface area contributed by atoms with Gasteiger partial charge < -0.3 is 5.32 Å². The average Bonchev–Trinajstić information content (AvgIpc) is 2.52. The predicted molar refractivity (Wildman–Crippen MR) is 96.0 cm³/mol. The van der Waals surface area contributed by atoms with Gasteiger partial charge in [0.2, 0.25) is 15.9 Å². The minimum absolute atomic E-state index is 0.0216. The van der Waals surface area contributed by atoms with Gasteiger partial charge in [-0.3, -0.25) is 4.79 Å². The highest BCUT2D eigenvalue weighted by molar-refractivity contribution is 7.88. The Bertz CT molecular complexity index is 677. The summed E-state index contributed by atoms with van der Waals surface area (Å²) in [4.78, 5) is 12.7. The zero-order valence-electron chi connectivity index (χ0n) is 15.0. The van der Waals surface area contributed by atoms with Crippen molar-refractivity contribution in [1.29, 1.82) is 0 Å². The highest BCUT2D eigenvalue weighted by Crippen LogP contribution is 2.26. The molecule has 0 aromatic heterocycles. The Hall–Kier alpha value is -1.40. The maximum Gasteiger partial charge on any atom is 0.223 e. The first-order valence-corrected chi connectivity index (χ1v) is 10.4. The largest absolute Gasteiger partial charge is 0.349 e. The maximum absolute atomic E-state index is 12.7. The maximum atomic E-state index is 12.7. The molecule has 0 spiro atoms. The van der Waals surface area contributed by atoms with Crippen LogP contribution in [0.3, 0.4) is 0 Å². The lowest BCUT2D eigenvalue weighted by Crippen LogP contribution is -2.44. The van der Waals surface area contributed by atoms with Gasteiger partial charge in [0.05, 0.1) is 12.3 Å². The lowest BCUT2D eigenvalue weighted by atomic mass is 9.90. The van der Waals surface area contributed by atoms with Crippen LogP contribution < -0.4 is 5.32 Å². The average molecular weight is 353 g/mol. The molecular weight excluding hydrogens is 324 g/mol. The summed E-state index contributed by atoms with van der Waals surface area (Å²) in [5.74, 6) is 0.199. The van der Waals surface area contributed by atoms with E-state index in [0.29, 0.717) is 25.9 Å². The number of nitrogens with zero attached hydrogens (tertiary/aromatic N) is 1. The second-order valence-electron chi connectivity index (χ2n) is 7.02. The van der Waals surface area contributed by atoms with Crippen LogP contribution in [0.25, 0.3) is 0 Å². The Balaban J connectivity index is 2.04. The molecule has 1 aliphatic rings. The van der Waals surface area contributed by atoms with E-state index >= 15 is 0 Å². The van der Waals surface area contributed by atoms with Crippen molar-refractivity contribution in [1.82, 2.24) is 9.62 Å². The van der Waals surface area contributed by atoms with E-state index in [-0.39, 0.29) is 23.8 Å². The first kappa shape index (κ1) is 18.9. The van der Waals surface area contributed by atoms with E-state index in [1.165, 1.54) is 16.1 Å². The van der Waals surface area contributed by atoms with Crippen LogP contribution in [-0.4, -0.2) is 38.0 Å². The predicted octanol–water partition coefficient (Wildman–Crippen LogP) is 2.48. The highest BCUT2D eigenvalue weighted by atomic mass is 32.2. The molecule has 0 radical (unpaired) electrons. The number of hydrogen-bond acceptors (Lipinski definition) is 3. The van der Waals surface area contributed by atoms with Gasteiger partial charge in [-0.2, -0.15) is 0 Å². The number of carbonyl (C=O) groups excluding carboxylic acids is 1. The molecule has 0 saturated carbocycles. The monoisotopic (exact) mass is 352 g/mol. The molecule has 2 rings (SSSR count). The van der Waals surface area contributed by atoms with E-state index in [9.17, 15) is 13.2 Å². The van der Waals surface area contributed by atoms with Gasteiger partial charge in [-0.05, 0) is 36.8 Å². The Morgan fingerprint density at radius 1 is 1.21 bits per heavy atom. The third-order valence-electron chi connectivity index (χ3n) is 4.78. The Kier molecular flexibility index (Phi) is 6.04. The summed E-state index contributed by atoms with van der Waals surface area (Å²) < 4.78 is 24.6. The van der Waals surface area contributed by atoms with Crippen LogP contribution in [0.5, 0.6) is 0 Å². The first-order chi connectivity index (χ1) is 11.2. The van der Waals surface area contributed by atoms with Crippen molar-refractivity contribution in [3.05, 3.63) is 35.4 Å². The molecule has 1 heterocycles. The molecule has 0 unspecified atom stereocenters. The number of nitrogens with one attached hydrogen (secondary N) is 1. The van der Waals surface area contributed by atoms with Crippen molar-refractivity contribution in [3.63, 3.8) is 0 Å². The van der Waals surface area contributed by atoms with Crippen LogP contribution in [0.15, 0.2) is 24.3 Å². The summed E-state index contributed by atoms with van der Waals surface area (Å²) in [6.07, 6.45) is 2.38. The van der Waals surface area contributed by atoms with E-state index in [1.54, 1.807) is 0 Å². The van der Waals surface area contributed by atoms with Crippen molar-refractivity contribution in [2.24, 2.45) is 11.8 Å². The second kappa shape index (κ2) is 7.66. The van der Waals surface area contributed by atoms with Gasteiger partial charge in [-0.1, -0.05) is 38.1 Å². The molecule has 24 heavy (non-hydrogen) atoms. The van der Waals surface area contributed by atoms with Crippen LogP contribution >= 0.6 is 0 Å². The van der Waals surface area contributed by atoms with Crippen molar-refractivity contribution in [2.75, 3.05) is 19.3 Å². The number of benzene rings is 1. The fraction of sp³-hybridized carbons (Fsp3) is 0.611. The lowest BCUT2D eigenvalue weighted by Gasteiger charge is -2.32. The molecule has 6 heteroatoms. The Morgan fingerprint density at radius 2 is 1.79 bits per heavy atom. The van der Waals surface area contributed by atoms with Gasteiger partial charge in [0.25, 0.3) is 0 Å². The van der Waals surface area contributed by atoms with Crippen molar-refractivity contribution in [2.45, 2.75) is 39.7 Å². The number of sulfonamides is 1. The van der Waals surface area contributed by atoms with E-state index in [0.717, 1.165) is 5.56 Å². The fourth-order valence-electron chi connectivity index (χ4n) is 3.26. The van der Waals surface area contributed by atoms with Gasteiger partial charge in [-0.25, -0.2) is 12.7 Å². The van der Waals surface area contributed by atoms with E-state index in [1.807, 2.05) is 12.1 Å². The molecule has 0 aliphatic carbocycles. The van der Waals surface area contributed by atoms with Crippen molar-refractivity contribution in [3.8, 4) is 0 Å². The van der Waals surface area contributed by atoms with Gasteiger partial charge in [-0.15, -0.1) is 0 Å². The van der Waals surface area contributed by atoms with E-state index in [2.05, 4.69) is 38.2 Å². The zero-order chi connectivity index (χ0) is 17.9. The third-order valence-corrected chi connectivity index (χ3v) is 6.08. The standard InChI is InChI=1S/C18H28N2O3S/c1-13(2)17(16-8-6-5-7-14(16)3)19-18(21)15-9-11-20(12-10-15)24(4,22)23/h5-8,13,15,17H,9-12H2,1-4H3,(H,19,21)/t17-/m1/s1. The SMILES string of the molecule is Cc1ccccc1[C@H](NC(=O)C1CCN(S(C)(=O)=O)CC1)C(C)C. The van der Waals surface area contributed by atoms with Crippen LogP contribution in [0.2, 0.25) is 0 Å². The van der Waals surface area contributed by atoms with E-state index < -0.39 is 10.0 Å². The minimum atomic E-state index is -3.16. The number of carbonyl (C=O) groups is 1. The number of hydrogen-bond donors (Lipinski definition) is 1. The smallest absolute Gasteiger partial charge is 0.223 e. The van der Waals surface area contributed by atoms with Crippen LogP contribution in [-0.2, 0) is 14.8 Å². The molecule has 1 N–H and O–H groups in total. The second-order valence-corrected chi connectivity index (χ2v) is 9.01. The molecule has 1 aromatic carbocycles. The van der Waals surface area contributed by atoms with Gasteiger partial charge in [0.1, 0.15) is 0 Å². The summed E-state index contributed by atoms with van der Waals surface area (Å²) in [5.41, 5.74) is 2.32. The number of amides is 1. The summed E-state index contributed by atoms with van der Waals surface area (Å²) in [6.45, 7) is 7.11. The lowest BCUT2D eigenvalue weighted by molar-refractivity contribution is -0.127. The van der Waals surface area contributed by atoms with Gasteiger partial charge in [0.15, 0.2) is 0 Å². The topological polar surface area (TPSA) is 66.5 Å². The molecule has 1 atom stereocenters. The molecule has 1 saturated heterocycles. The normalized spacial score (nSPS) is 18.5. The summed E-state index contributed by atoms with van der Waals surface area (Å²) >= 11 is 0. The molecule has 1 fully saturated rings. The Labute approximate surface area is 145 Å². The number of aryl methyl sites for hydroxylation is 1. The zero-order valence-corrected chi connectivity index (χ0v) is 15.8. The molecule has 1 aliphatic heterocycles. The van der Waals surface area contributed by atoms with Crippen LogP contribution in [0.1, 0.15) is 43.9 Å².